The van der Waals surface area contributed by atoms with E-state index in [1.54, 1.807) is 32.0 Å². The van der Waals surface area contributed by atoms with Crippen molar-refractivity contribution in [1.82, 2.24) is 23.8 Å². The van der Waals surface area contributed by atoms with Gasteiger partial charge in [0.15, 0.2) is 0 Å². The minimum absolute atomic E-state index is 0.00770. The fraction of sp³-hybridized carbons (Fsp3) is 0.292. The standard InChI is InChI=1S/C24H27N5O2/c1-3-14-27-21-11-7-8-12-22(21)28(24(27)31)15-13-23(30)26(2)17-19-16-25-29(18-19)20-9-5-4-6-10-20/h4-12,16,18H,3,13-15,17H2,1-2H3. The average molecular weight is 418 g/mol. The maximum absolute atomic E-state index is 12.9. The highest BCUT2D eigenvalue weighted by atomic mass is 16.2. The van der Waals surface area contributed by atoms with Crippen LogP contribution < -0.4 is 5.69 Å². The molecule has 4 aromatic rings. The smallest absolute Gasteiger partial charge is 0.329 e. The van der Waals surface area contributed by atoms with E-state index in [-0.39, 0.29) is 18.0 Å². The van der Waals surface area contributed by atoms with Crippen LogP contribution >= 0.6 is 0 Å². The second-order valence-electron chi connectivity index (χ2n) is 7.70. The van der Waals surface area contributed by atoms with Crippen LogP contribution in [0.15, 0.2) is 71.8 Å². The molecular weight excluding hydrogens is 390 g/mol. The first-order chi connectivity index (χ1) is 15.1. The Balaban J connectivity index is 1.43. The van der Waals surface area contributed by atoms with Gasteiger partial charge in [0.05, 0.1) is 22.9 Å². The summed E-state index contributed by atoms with van der Waals surface area (Å²) in [6.07, 6.45) is 4.86. The second kappa shape index (κ2) is 9.04. The highest BCUT2D eigenvalue weighted by Gasteiger charge is 2.15. The van der Waals surface area contributed by atoms with E-state index in [1.807, 2.05) is 60.8 Å². The zero-order chi connectivity index (χ0) is 21.8. The lowest BCUT2D eigenvalue weighted by molar-refractivity contribution is -0.130. The number of nitrogens with zero attached hydrogens (tertiary/aromatic N) is 5. The molecule has 0 radical (unpaired) electrons. The summed E-state index contributed by atoms with van der Waals surface area (Å²) < 4.78 is 5.31. The number of hydrogen-bond donors (Lipinski definition) is 0. The van der Waals surface area contributed by atoms with Gasteiger partial charge in [-0.2, -0.15) is 5.10 Å². The number of amides is 1. The maximum atomic E-state index is 12.9. The molecule has 0 atom stereocenters. The Labute approximate surface area is 181 Å². The highest BCUT2D eigenvalue weighted by Crippen LogP contribution is 2.14. The summed E-state index contributed by atoms with van der Waals surface area (Å²) in [5, 5.41) is 4.39. The number of carbonyl (C=O) groups is 1. The minimum atomic E-state index is -0.0531. The van der Waals surface area contributed by atoms with Gasteiger partial charge in [0.2, 0.25) is 5.91 Å². The molecule has 0 N–H and O–H groups in total. The monoisotopic (exact) mass is 417 g/mol. The molecule has 31 heavy (non-hydrogen) atoms. The highest BCUT2D eigenvalue weighted by molar-refractivity contribution is 5.78. The number of hydrogen-bond acceptors (Lipinski definition) is 3. The number of carbonyl (C=O) groups excluding carboxylic acids is 1. The fourth-order valence-electron chi connectivity index (χ4n) is 3.85. The number of rotatable bonds is 8. The Morgan fingerprint density at radius 1 is 0.968 bits per heavy atom. The van der Waals surface area contributed by atoms with Gasteiger partial charge in [-0.25, -0.2) is 9.48 Å². The van der Waals surface area contributed by atoms with E-state index >= 15 is 0 Å². The number of aryl methyl sites for hydroxylation is 2. The molecule has 1 amide bonds. The largest absolute Gasteiger partial charge is 0.341 e. The van der Waals surface area contributed by atoms with Crippen LogP contribution in [0, 0.1) is 0 Å². The summed E-state index contributed by atoms with van der Waals surface area (Å²) in [6, 6.07) is 17.6. The van der Waals surface area contributed by atoms with Crippen LogP contribution in [0.3, 0.4) is 0 Å². The Morgan fingerprint density at radius 2 is 1.61 bits per heavy atom. The third kappa shape index (κ3) is 4.30. The molecule has 0 aliphatic heterocycles. The molecule has 7 nitrogen and oxygen atoms in total. The molecule has 160 valence electrons. The quantitative estimate of drug-likeness (QED) is 0.441. The lowest BCUT2D eigenvalue weighted by Crippen LogP contribution is -2.29. The molecule has 2 aromatic heterocycles. The van der Waals surface area contributed by atoms with Gasteiger partial charge in [-0.15, -0.1) is 0 Å². The molecule has 0 aliphatic carbocycles. The predicted molar refractivity (Wildman–Crippen MR) is 121 cm³/mol. The molecular formula is C24H27N5O2. The summed E-state index contributed by atoms with van der Waals surface area (Å²) in [4.78, 5) is 27.3. The van der Waals surface area contributed by atoms with Crippen molar-refractivity contribution >= 4 is 16.9 Å². The van der Waals surface area contributed by atoms with Gasteiger partial charge in [-0.1, -0.05) is 37.3 Å². The van der Waals surface area contributed by atoms with Crippen LogP contribution in [-0.4, -0.2) is 36.8 Å². The molecule has 0 saturated carbocycles. The molecule has 0 spiro atoms. The Kier molecular flexibility index (Phi) is 6.02. The average Bonchev–Trinajstić information content (AvgIpc) is 3.36. The second-order valence-corrected chi connectivity index (χ2v) is 7.70. The Morgan fingerprint density at radius 3 is 2.29 bits per heavy atom. The number of para-hydroxylation sites is 3. The summed E-state index contributed by atoms with van der Waals surface area (Å²) in [5.41, 5.74) is 3.67. The third-order valence-corrected chi connectivity index (χ3v) is 5.42. The van der Waals surface area contributed by atoms with Gasteiger partial charge in [0.1, 0.15) is 0 Å². The minimum Gasteiger partial charge on any atom is -0.341 e. The molecule has 0 fully saturated rings. The molecule has 2 heterocycles. The first kappa shape index (κ1) is 20.7. The molecule has 7 heteroatoms. The van der Waals surface area contributed by atoms with E-state index in [0.29, 0.717) is 19.6 Å². The van der Waals surface area contributed by atoms with Gasteiger partial charge in [-0.05, 0) is 30.7 Å². The van der Waals surface area contributed by atoms with E-state index in [9.17, 15) is 9.59 Å². The number of aromatic nitrogens is 4. The number of benzene rings is 2. The maximum Gasteiger partial charge on any atom is 0.329 e. The molecule has 0 unspecified atom stereocenters. The van der Waals surface area contributed by atoms with Crippen molar-refractivity contribution in [2.75, 3.05) is 7.05 Å². The normalized spacial score (nSPS) is 11.2. The van der Waals surface area contributed by atoms with Crippen molar-refractivity contribution in [1.29, 1.82) is 0 Å². The lowest BCUT2D eigenvalue weighted by atomic mass is 10.3. The van der Waals surface area contributed by atoms with E-state index in [2.05, 4.69) is 12.0 Å². The van der Waals surface area contributed by atoms with Gasteiger partial charge >= 0.3 is 5.69 Å². The predicted octanol–water partition coefficient (Wildman–Crippen LogP) is 3.45. The summed E-state index contributed by atoms with van der Waals surface area (Å²) >= 11 is 0. The van der Waals surface area contributed by atoms with Crippen LogP contribution in [0.5, 0.6) is 0 Å². The van der Waals surface area contributed by atoms with E-state index < -0.39 is 0 Å². The van der Waals surface area contributed by atoms with Crippen molar-refractivity contribution < 1.29 is 4.79 Å². The zero-order valence-electron chi connectivity index (χ0n) is 17.9. The third-order valence-electron chi connectivity index (χ3n) is 5.42. The fourth-order valence-corrected chi connectivity index (χ4v) is 3.85. The van der Waals surface area contributed by atoms with Gasteiger partial charge in [-0.3, -0.25) is 13.9 Å². The number of imidazole rings is 1. The van der Waals surface area contributed by atoms with Gasteiger partial charge in [0, 0.05) is 44.9 Å². The molecule has 0 aliphatic rings. The van der Waals surface area contributed by atoms with E-state index in [1.165, 1.54) is 0 Å². The summed E-state index contributed by atoms with van der Waals surface area (Å²) in [7, 11) is 1.78. The molecule has 2 aromatic carbocycles. The summed E-state index contributed by atoms with van der Waals surface area (Å²) in [5.74, 6) is -0.00770. The van der Waals surface area contributed by atoms with Crippen LogP contribution in [0.2, 0.25) is 0 Å². The van der Waals surface area contributed by atoms with E-state index in [4.69, 9.17) is 0 Å². The Hall–Kier alpha value is -3.61. The summed E-state index contributed by atoms with van der Waals surface area (Å²) in [6.45, 7) is 3.56. The number of fused-ring (bicyclic) bond motifs is 1. The first-order valence-electron chi connectivity index (χ1n) is 10.6. The SMILES string of the molecule is CCCn1c(=O)n(CCC(=O)N(C)Cc2cnn(-c3ccccc3)c2)c2ccccc21. The van der Waals surface area contributed by atoms with Crippen LogP contribution in [-0.2, 0) is 24.4 Å². The zero-order valence-corrected chi connectivity index (χ0v) is 17.9. The Bertz CT molecular complexity index is 1240. The van der Waals surface area contributed by atoms with Crippen LogP contribution in [0.25, 0.3) is 16.7 Å². The van der Waals surface area contributed by atoms with Crippen molar-refractivity contribution in [2.45, 2.75) is 39.4 Å². The van der Waals surface area contributed by atoms with Crippen molar-refractivity contribution in [3.05, 3.63) is 83.0 Å². The van der Waals surface area contributed by atoms with Crippen molar-refractivity contribution in [2.24, 2.45) is 0 Å². The lowest BCUT2D eigenvalue weighted by Gasteiger charge is -2.16. The van der Waals surface area contributed by atoms with E-state index in [0.717, 1.165) is 28.7 Å². The van der Waals surface area contributed by atoms with Crippen molar-refractivity contribution in [3.63, 3.8) is 0 Å². The van der Waals surface area contributed by atoms with Crippen LogP contribution in [0.1, 0.15) is 25.3 Å². The first-order valence-corrected chi connectivity index (χ1v) is 10.6. The topological polar surface area (TPSA) is 65.1 Å². The molecule has 0 saturated heterocycles. The molecule has 0 bridgehead atoms. The van der Waals surface area contributed by atoms with Gasteiger partial charge < -0.3 is 4.90 Å². The van der Waals surface area contributed by atoms with Crippen LogP contribution in [0.4, 0.5) is 0 Å². The molecule has 4 rings (SSSR count). The van der Waals surface area contributed by atoms with Gasteiger partial charge in [0.25, 0.3) is 0 Å². The van der Waals surface area contributed by atoms with Crippen molar-refractivity contribution in [3.8, 4) is 5.69 Å².